The van der Waals surface area contributed by atoms with E-state index in [4.69, 9.17) is 17.3 Å². The van der Waals surface area contributed by atoms with E-state index >= 15 is 0 Å². The maximum absolute atomic E-state index is 13.5. The molecule has 2 aliphatic rings. The average Bonchev–Trinajstić information content (AvgIpc) is 3.17. The van der Waals surface area contributed by atoms with E-state index in [9.17, 15) is 14.4 Å². The summed E-state index contributed by atoms with van der Waals surface area (Å²) in [5.41, 5.74) is 10.6. The van der Waals surface area contributed by atoms with Crippen molar-refractivity contribution in [3.63, 3.8) is 0 Å². The Morgan fingerprint density at radius 1 is 0.976 bits per heavy atom. The average molecular weight is 592 g/mol. The monoisotopic (exact) mass is 591 g/mol. The fourth-order valence-corrected chi connectivity index (χ4v) is 5.98. The second-order valence-electron chi connectivity index (χ2n) is 10.8. The molecular formula is C31H38ClN7O3. The van der Waals surface area contributed by atoms with Crippen molar-refractivity contribution in [1.29, 1.82) is 0 Å². The summed E-state index contributed by atoms with van der Waals surface area (Å²) < 4.78 is 0. The number of amides is 5. The lowest BCUT2D eigenvalue weighted by Gasteiger charge is -2.37. The van der Waals surface area contributed by atoms with Gasteiger partial charge >= 0.3 is 12.1 Å². The second kappa shape index (κ2) is 12.9. The van der Waals surface area contributed by atoms with Gasteiger partial charge in [0.15, 0.2) is 0 Å². The van der Waals surface area contributed by atoms with Crippen LogP contribution in [0.1, 0.15) is 44.2 Å². The summed E-state index contributed by atoms with van der Waals surface area (Å²) in [5.74, 6) is 0.0333. The molecule has 0 bridgehead atoms. The summed E-state index contributed by atoms with van der Waals surface area (Å²) >= 11 is 6.16. The number of aromatic nitrogens is 1. The first-order valence-corrected chi connectivity index (χ1v) is 15.1. The minimum absolute atomic E-state index is 0.300. The number of carbonyl (C=O) groups is 3. The van der Waals surface area contributed by atoms with Crippen LogP contribution in [0.5, 0.6) is 0 Å². The number of para-hydroxylation sites is 1. The van der Waals surface area contributed by atoms with Gasteiger partial charge in [-0.15, -0.1) is 0 Å². The third kappa shape index (κ3) is 6.23. The Balaban J connectivity index is 1.23. The molecule has 5 rings (SSSR count). The van der Waals surface area contributed by atoms with Gasteiger partial charge < -0.3 is 26.2 Å². The lowest BCUT2D eigenvalue weighted by molar-refractivity contribution is -0.129. The van der Waals surface area contributed by atoms with Crippen LogP contribution in [0.3, 0.4) is 0 Å². The zero-order valence-electron chi connectivity index (χ0n) is 24.2. The van der Waals surface area contributed by atoms with Crippen molar-refractivity contribution >= 4 is 57.7 Å². The predicted molar refractivity (Wildman–Crippen MR) is 167 cm³/mol. The largest absolute Gasteiger partial charge is 0.384 e. The van der Waals surface area contributed by atoms with Crippen LogP contribution in [-0.4, -0.2) is 71.5 Å². The van der Waals surface area contributed by atoms with E-state index in [1.165, 1.54) is 4.90 Å². The zero-order chi connectivity index (χ0) is 29.8. The number of carbonyl (C=O) groups excluding carboxylic acids is 3. The first-order valence-electron chi connectivity index (χ1n) is 14.7. The summed E-state index contributed by atoms with van der Waals surface area (Å²) in [6, 6.07) is 11.9. The van der Waals surface area contributed by atoms with Gasteiger partial charge in [0.2, 0.25) is 0 Å². The fraction of sp³-hybridized carbons (Fsp3) is 0.419. The molecule has 0 radical (unpaired) electrons. The van der Waals surface area contributed by atoms with Gasteiger partial charge in [-0.05, 0) is 61.4 Å². The summed E-state index contributed by atoms with van der Waals surface area (Å²) in [6.07, 6.45) is 3.45. The molecule has 0 saturated carbocycles. The molecule has 222 valence electrons. The highest BCUT2D eigenvalue weighted by Crippen LogP contribution is 2.30. The van der Waals surface area contributed by atoms with Crippen LogP contribution in [-0.2, 0) is 17.6 Å². The SMILES string of the molecule is CCc1cccc(CC)c1NC(=O)N1CCCCC(NC(=O)N2CCN(c3cc(N)nc4cc(Cl)ccc34)CC2)C1=O. The van der Waals surface area contributed by atoms with Gasteiger partial charge in [0.25, 0.3) is 5.91 Å². The number of hydrogen-bond donors (Lipinski definition) is 3. The number of rotatable bonds is 5. The fourth-order valence-electron chi connectivity index (χ4n) is 5.81. The van der Waals surface area contributed by atoms with Gasteiger partial charge in [0.1, 0.15) is 11.9 Å². The number of aryl methyl sites for hydroxylation is 2. The van der Waals surface area contributed by atoms with Crippen LogP contribution in [0.15, 0.2) is 42.5 Å². The molecule has 2 saturated heterocycles. The Morgan fingerprint density at radius 2 is 1.69 bits per heavy atom. The molecular weight excluding hydrogens is 554 g/mol. The highest BCUT2D eigenvalue weighted by molar-refractivity contribution is 6.31. The smallest absolute Gasteiger partial charge is 0.328 e. The van der Waals surface area contributed by atoms with Crippen molar-refractivity contribution < 1.29 is 14.4 Å². The highest BCUT2D eigenvalue weighted by Gasteiger charge is 2.34. The van der Waals surface area contributed by atoms with Crippen LogP contribution in [0.4, 0.5) is 26.8 Å². The molecule has 1 atom stereocenters. The molecule has 2 aliphatic heterocycles. The van der Waals surface area contributed by atoms with E-state index in [1.807, 2.05) is 50.2 Å². The van der Waals surface area contributed by atoms with Crippen LogP contribution in [0.25, 0.3) is 10.9 Å². The molecule has 10 nitrogen and oxygen atoms in total. The number of urea groups is 2. The Bertz CT molecular complexity index is 1460. The predicted octanol–water partition coefficient (Wildman–Crippen LogP) is 5.04. The number of piperazine rings is 1. The van der Waals surface area contributed by atoms with E-state index in [2.05, 4.69) is 20.5 Å². The first-order chi connectivity index (χ1) is 20.3. The van der Waals surface area contributed by atoms with Gasteiger partial charge in [-0.1, -0.05) is 43.6 Å². The third-order valence-corrected chi connectivity index (χ3v) is 8.37. The molecule has 0 spiro atoms. The van der Waals surface area contributed by atoms with E-state index in [0.29, 0.717) is 56.4 Å². The molecule has 5 amide bonds. The number of nitrogen functional groups attached to an aromatic ring is 1. The van der Waals surface area contributed by atoms with Gasteiger partial charge in [0.05, 0.1) is 5.52 Å². The number of benzene rings is 2. The van der Waals surface area contributed by atoms with Crippen molar-refractivity contribution in [2.75, 3.05) is 48.7 Å². The van der Waals surface area contributed by atoms with Gasteiger partial charge in [-0.2, -0.15) is 0 Å². The normalized spacial score (nSPS) is 17.7. The minimum atomic E-state index is -0.760. The number of imide groups is 1. The van der Waals surface area contributed by atoms with Crippen molar-refractivity contribution in [3.8, 4) is 0 Å². The maximum atomic E-state index is 13.5. The van der Waals surface area contributed by atoms with Gasteiger partial charge in [0, 0.05) is 60.6 Å². The van der Waals surface area contributed by atoms with Crippen LogP contribution < -0.4 is 21.3 Å². The standard InChI is InChI=1S/C31H38ClN7O3/c1-3-20-8-7-9-21(4-2)28(20)36-31(42)39-13-6-5-10-24(29(39)40)35-30(41)38-16-14-37(15-17-38)26-19-27(33)34-25-18-22(32)11-12-23(25)26/h7-9,11-12,18-19,24H,3-6,10,13-17H2,1-2H3,(H2,33,34)(H,35,41)(H,36,42). The molecule has 1 unspecified atom stereocenters. The summed E-state index contributed by atoms with van der Waals surface area (Å²) in [7, 11) is 0. The van der Waals surface area contributed by atoms with Gasteiger partial charge in [-0.25, -0.2) is 14.6 Å². The molecule has 3 heterocycles. The number of nitrogens with two attached hydrogens (primary N) is 1. The van der Waals surface area contributed by atoms with E-state index in [0.717, 1.165) is 52.7 Å². The number of anilines is 3. The molecule has 2 aromatic carbocycles. The molecule has 1 aromatic heterocycles. The van der Waals surface area contributed by atoms with E-state index in [-0.39, 0.29) is 11.9 Å². The first kappa shape index (κ1) is 29.4. The maximum Gasteiger partial charge on any atom is 0.328 e. The molecule has 2 fully saturated rings. The Morgan fingerprint density at radius 3 is 2.38 bits per heavy atom. The minimum Gasteiger partial charge on any atom is -0.384 e. The Labute approximate surface area is 251 Å². The lowest BCUT2D eigenvalue weighted by atomic mass is 10.0. The van der Waals surface area contributed by atoms with Crippen molar-refractivity contribution in [2.24, 2.45) is 0 Å². The lowest BCUT2D eigenvalue weighted by Crippen LogP contribution is -2.56. The number of halogens is 1. The van der Waals surface area contributed by atoms with Crippen LogP contribution >= 0.6 is 11.6 Å². The van der Waals surface area contributed by atoms with Crippen molar-refractivity contribution in [2.45, 2.75) is 52.0 Å². The Hall–Kier alpha value is -4.05. The Kier molecular flexibility index (Phi) is 9.01. The number of likely N-dealkylation sites (tertiary alicyclic amines) is 1. The number of hydrogen-bond acceptors (Lipinski definition) is 6. The zero-order valence-corrected chi connectivity index (χ0v) is 24.9. The van der Waals surface area contributed by atoms with Crippen molar-refractivity contribution in [3.05, 3.63) is 58.6 Å². The van der Waals surface area contributed by atoms with Crippen molar-refractivity contribution in [1.82, 2.24) is 20.1 Å². The molecule has 42 heavy (non-hydrogen) atoms. The van der Waals surface area contributed by atoms with E-state index < -0.39 is 12.1 Å². The quantitative estimate of drug-likeness (QED) is 0.382. The summed E-state index contributed by atoms with van der Waals surface area (Å²) in [6.45, 7) is 6.54. The highest BCUT2D eigenvalue weighted by atomic mass is 35.5. The summed E-state index contributed by atoms with van der Waals surface area (Å²) in [5, 5.41) is 7.46. The molecule has 3 aromatic rings. The number of pyridine rings is 1. The number of fused-ring (bicyclic) bond motifs is 1. The second-order valence-corrected chi connectivity index (χ2v) is 11.2. The number of nitrogens with one attached hydrogen (secondary N) is 2. The van der Waals surface area contributed by atoms with E-state index in [1.54, 1.807) is 11.0 Å². The topological polar surface area (TPSA) is 124 Å². The summed E-state index contributed by atoms with van der Waals surface area (Å²) in [4.78, 5) is 49.7. The van der Waals surface area contributed by atoms with Crippen LogP contribution in [0, 0.1) is 0 Å². The third-order valence-electron chi connectivity index (χ3n) is 8.14. The number of nitrogens with zero attached hydrogens (tertiary/aromatic N) is 4. The van der Waals surface area contributed by atoms with Gasteiger partial charge in [-0.3, -0.25) is 9.69 Å². The van der Waals surface area contributed by atoms with Crippen LogP contribution in [0.2, 0.25) is 5.02 Å². The molecule has 4 N–H and O–H groups in total. The molecule has 11 heteroatoms. The molecule has 0 aliphatic carbocycles.